The Morgan fingerprint density at radius 1 is 1.18 bits per heavy atom. The number of anilines is 2. The highest BCUT2D eigenvalue weighted by Crippen LogP contribution is 2.30. The summed E-state index contributed by atoms with van der Waals surface area (Å²) < 4.78 is 43.3. The quantitative estimate of drug-likeness (QED) is 0.373. The summed E-state index contributed by atoms with van der Waals surface area (Å²) in [5.41, 5.74) is 1.17. The second kappa shape index (κ2) is 10.9. The fourth-order valence-corrected chi connectivity index (χ4v) is 3.53. The first-order valence-electron chi connectivity index (χ1n) is 10.6. The Kier molecular flexibility index (Phi) is 8.14. The summed E-state index contributed by atoms with van der Waals surface area (Å²) in [7, 11) is 0. The average molecular weight is 481 g/mol. The molecule has 0 aliphatic heterocycles. The monoisotopic (exact) mass is 481 g/mol. The van der Waals surface area contributed by atoms with E-state index in [9.17, 15) is 28.5 Å². The first-order chi connectivity index (χ1) is 16.1. The van der Waals surface area contributed by atoms with Gasteiger partial charge in [-0.3, -0.25) is 0 Å². The van der Waals surface area contributed by atoms with Crippen molar-refractivity contribution < 1.29 is 33.2 Å². The summed E-state index contributed by atoms with van der Waals surface area (Å²) in [6.07, 6.45) is -5.09. The minimum Gasteiger partial charge on any atom is -0.478 e. The number of aliphatic hydroxyl groups excluding tert-OH is 3. The van der Waals surface area contributed by atoms with Crippen LogP contribution in [-0.4, -0.2) is 74.5 Å². The van der Waals surface area contributed by atoms with Crippen molar-refractivity contribution in [3.05, 3.63) is 35.2 Å². The molecule has 0 amide bonds. The molecular weight excluding hydrogens is 455 g/mol. The highest BCUT2D eigenvalue weighted by molar-refractivity contribution is 5.60. The van der Waals surface area contributed by atoms with Crippen LogP contribution in [0.3, 0.4) is 0 Å². The van der Waals surface area contributed by atoms with Gasteiger partial charge in [-0.1, -0.05) is 11.8 Å². The lowest BCUT2D eigenvalue weighted by Gasteiger charge is -2.20. The van der Waals surface area contributed by atoms with Gasteiger partial charge in [0.2, 0.25) is 11.8 Å². The SMILES string of the molecule is CCOc1ccc(C#Cc2c(C)nc(NCC(F)(F)F)nc2N[C@@H]2C[C@H](CO)[C@@H](O)[C@H]2O)cn1. The van der Waals surface area contributed by atoms with Crippen molar-refractivity contribution in [2.75, 3.05) is 30.4 Å². The van der Waals surface area contributed by atoms with Crippen molar-refractivity contribution >= 4 is 11.8 Å². The molecule has 0 radical (unpaired) electrons. The summed E-state index contributed by atoms with van der Waals surface area (Å²) in [4.78, 5) is 12.3. The zero-order valence-corrected chi connectivity index (χ0v) is 18.6. The Balaban J connectivity index is 1.92. The molecular formula is C22H26F3N5O4. The number of halogens is 3. The number of pyridine rings is 1. The van der Waals surface area contributed by atoms with Crippen molar-refractivity contribution in [3.63, 3.8) is 0 Å². The van der Waals surface area contributed by atoms with Gasteiger partial charge in [0, 0.05) is 30.4 Å². The van der Waals surface area contributed by atoms with Gasteiger partial charge in [-0.2, -0.15) is 18.2 Å². The first-order valence-corrected chi connectivity index (χ1v) is 10.6. The normalized spacial score (nSPS) is 22.1. The third-order valence-corrected chi connectivity index (χ3v) is 5.26. The van der Waals surface area contributed by atoms with Crippen molar-refractivity contribution in [1.82, 2.24) is 15.0 Å². The Bertz CT molecular complexity index is 1040. The molecule has 1 fully saturated rings. The van der Waals surface area contributed by atoms with E-state index in [1.165, 1.54) is 6.20 Å². The average Bonchev–Trinajstić information content (AvgIpc) is 3.05. The van der Waals surface area contributed by atoms with Crippen LogP contribution >= 0.6 is 0 Å². The van der Waals surface area contributed by atoms with Gasteiger partial charge in [0.1, 0.15) is 18.5 Å². The predicted octanol–water partition coefficient (Wildman–Crippen LogP) is 1.47. The van der Waals surface area contributed by atoms with Crippen LogP contribution in [0.25, 0.3) is 0 Å². The third kappa shape index (κ3) is 6.47. The molecule has 0 spiro atoms. The van der Waals surface area contributed by atoms with Crippen LogP contribution < -0.4 is 15.4 Å². The number of alkyl halides is 3. The van der Waals surface area contributed by atoms with Crippen LogP contribution in [0, 0.1) is 24.7 Å². The van der Waals surface area contributed by atoms with Crippen molar-refractivity contribution in [2.45, 2.75) is 44.7 Å². The molecule has 0 aromatic carbocycles. The number of aromatic nitrogens is 3. The first kappa shape index (κ1) is 25.5. The predicted molar refractivity (Wildman–Crippen MR) is 117 cm³/mol. The number of rotatable bonds is 7. The molecule has 2 heterocycles. The summed E-state index contributed by atoms with van der Waals surface area (Å²) in [5.74, 6) is 5.55. The van der Waals surface area contributed by atoms with Crippen LogP contribution in [0.4, 0.5) is 24.9 Å². The van der Waals surface area contributed by atoms with Crippen LogP contribution in [0.2, 0.25) is 0 Å². The molecule has 1 saturated carbocycles. The van der Waals surface area contributed by atoms with Crippen molar-refractivity contribution in [3.8, 4) is 17.7 Å². The molecule has 1 aliphatic carbocycles. The van der Waals surface area contributed by atoms with Crippen molar-refractivity contribution in [1.29, 1.82) is 0 Å². The number of ether oxygens (including phenoxy) is 1. The van der Waals surface area contributed by atoms with Crippen molar-refractivity contribution in [2.24, 2.45) is 5.92 Å². The molecule has 184 valence electrons. The maximum absolute atomic E-state index is 12.7. The van der Waals surface area contributed by atoms with Gasteiger partial charge in [-0.05, 0) is 26.3 Å². The smallest absolute Gasteiger partial charge is 0.405 e. The van der Waals surface area contributed by atoms with E-state index in [1.807, 2.05) is 6.92 Å². The van der Waals surface area contributed by atoms with Gasteiger partial charge in [0.25, 0.3) is 0 Å². The number of hydrogen-bond donors (Lipinski definition) is 5. The molecule has 0 unspecified atom stereocenters. The zero-order valence-electron chi connectivity index (χ0n) is 18.6. The third-order valence-electron chi connectivity index (χ3n) is 5.26. The Morgan fingerprint density at radius 2 is 1.94 bits per heavy atom. The molecule has 9 nitrogen and oxygen atoms in total. The van der Waals surface area contributed by atoms with E-state index in [1.54, 1.807) is 19.1 Å². The van der Waals surface area contributed by atoms with E-state index in [0.717, 1.165) is 0 Å². The van der Waals surface area contributed by atoms with Crippen LogP contribution in [-0.2, 0) is 0 Å². The fourth-order valence-electron chi connectivity index (χ4n) is 3.53. The highest BCUT2D eigenvalue weighted by Gasteiger charge is 2.41. The van der Waals surface area contributed by atoms with Gasteiger partial charge in [0.15, 0.2) is 0 Å². The molecule has 5 N–H and O–H groups in total. The van der Waals surface area contributed by atoms with Gasteiger partial charge < -0.3 is 30.7 Å². The van der Waals surface area contributed by atoms with Crippen LogP contribution in [0.1, 0.15) is 30.2 Å². The molecule has 2 aromatic rings. The van der Waals surface area contributed by atoms with Gasteiger partial charge in [-0.15, -0.1) is 0 Å². The Labute approximate surface area is 194 Å². The van der Waals surface area contributed by atoms with E-state index < -0.39 is 36.9 Å². The zero-order chi connectivity index (χ0) is 24.9. The standard InChI is InChI=1S/C22H26F3N5O4/c1-3-34-17-7-5-13(9-26-17)4-6-15-12(2)28-21(27-11-22(23,24)25)30-20(15)29-16-8-14(10-31)18(32)19(16)33/h5,7,9,14,16,18-19,31-33H,3,8,10-11H2,1-2H3,(H2,27,28,29,30)/t14-,16-,18-,19+/m1/s1. The van der Waals surface area contributed by atoms with E-state index in [0.29, 0.717) is 29.3 Å². The molecule has 4 atom stereocenters. The number of nitrogens with one attached hydrogen (secondary N) is 2. The highest BCUT2D eigenvalue weighted by atomic mass is 19.4. The molecule has 34 heavy (non-hydrogen) atoms. The minimum atomic E-state index is -4.47. The fraction of sp³-hybridized carbons (Fsp3) is 0.500. The van der Waals surface area contributed by atoms with Crippen LogP contribution in [0.5, 0.6) is 5.88 Å². The lowest BCUT2D eigenvalue weighted by atomic mass is 10.1. The second-order valence-electron chi connectivity index (χ2n) is 7.80. The van der Waals surface area contributed by atoms with E-state index in [-0.39, 0.29) is 24.8 Å². The van der Waals surface area contributed by atoms with E-state index >= 15 is 0 Å². The van der Waals surface area contributed by atoms with Gasteiger partial charge in [-0.25, -0.2) is 9.97 Å². The molecule has 0 bridgehead atoms. The topological polar surface area (TPSA) is 133 Å². The van der Waals surface area contributed by atoms with Gasteiger partial charge in [0.05, 0.1) is 30.0 Å². The molecule has 1 aliphatic rings. The largest absolute Gasteiger partial charge is 0.478 e. The Hall–Kier alpha value is -3.14. The maximum Gasteiger partial charge on any atom is 0.405 e. The number of aliphatic hydroxyl groups is 3. The summed E-state index contributed by atoms with van der Waals surface area (Å²) >= 11 is 0. The number of nitrogens with zero attached hydrogens (tertiary/aromatic N) is 3. The maximum atomic E-state index is 12.7. The van der Waals surface area contributed by atoms with E-state index in [4.69, 9.17) is 4.74 Å². The number of aryl methyl sites for hydroxylation is 1. The molecule has 2 aromatic heterocycles. The molecule has 12 heteroatoms. The summed E-state index contributed by atoms with van der Waals surface area (Å²) in [6.45, 7) is 2.23. The summed E-state index contributed by atoms with van der Waals surface area (Å²) in [5, 5.41) is 35.0. The lowest BCUT2D eigenvalue weighted by molar-refractivity contribution is -0.115. The molecule has 0 saturated heterocycles. The minimum absolute atomic E-state index is 0.0957. The van der Waals surface area contributed by atoms with Crippen LogP contribution in [0.15, 0.2) is 18.3 Å². The number of hydrogen-bond acceptors (Lipinski definition) is 9. The van der Waals surface area contributed by atoms with Gasteiger partial charge >= 0.3 is 6.18 Å². The molecule has 3 rings (SSSR count). The second-order valence-corrected chi connectivity index (χ2v) is 7.80. The van der Waals surface area contributed by atoms with E-state index in [2.05, 4.69) is 37.4 Å². The Morgan fingerprint density at radius 3 is 2.53 bits per heavy atom. The lowest BCUT2D eigenvalue weighted by Crippen LogP contribution is -2.36. The summed E-state index contributed by atoms with van der Waals surface area (Å²) in [6, 6.07) is 2.66.